The minimum absolute atomic E-state index is 0.178. The molecule has 1 heterocycles. The van der Waals surface area contributed by atoms with Crippen molar-refractivity contribution in [2.75, 3.05) is 0 Å². The van der Waals surface area contributed by atoms with Crippen LogP contribution < -0.4 is 9.47 Å². The van der Waals surface area contributed by atoms with Crippen molar-refractivity contribution in [1.82, 2.24) is 0 Å². The van der Waals surface area contributed by atoms with Crippen LogP contribution in [0.1, 0.15) is 35.3 Å². The second-order valence-electron chi connectivity index (χ2n) is 6.37. The summed E-state index contributed by atoms with van der Waals surface area (Å²) in [6.45, 7) is 5.31. The first-order valence-corrected chi connectivity index (χ1v) is 8.48. The van der Waals surface area contributed by atoms with Gasteiger partial charge in [-0.15, -0.1) is 0 Å². The number of ether oxygens (including phenoxy) is 2. The molecular weight excluding hydrogens is 328 g/mol. The van der Waals surface area contributed by atoms with Crippen LogP contribution in [0.3, 0.4) is 0 Å². The molecule has 0 saturated heterocycles. The Morgan fingerprint density at radius 2 is 1.85 bits per heavy atom. The zero-order chi connectivity index (χ0) is 18.7. The van der Waals surface area contributed by atoms with Crippen molar-refractivity contribution >= 4 is 17.8 Å². The molecule has 132 valence electrons. The number of esters is 1. The third kappa shape index (κ3) is 3.59. The van der Waals surface area contributed by atoms with Gasteiger partial charge in [0.2, 0.25) is 5.78 Å². The summed E-state index contributed by atoms with van der Waals surface area (Å²) in [5.41, 5.74) is 2.15. The highest BCUT2D eigenvalue weighted by Gasteiger charge is 2.30. The van der Waals surface area contributed by atoms with E-state index in [0.717, 1.165) is 5.56 Å². The fourth-order valence-corrected chi connectivity index (χ4v) is 2.53. The molecule has 4 nitrogen and oxygen atoms in total. The average molecular weight is 348 g/mol. The van der Waals surface area contributed by atoms with Gasteiger partial charge in [-0.25, -0.2) is 0 Å². The molecule has 2 aromatic carbocycles. The molecule has 1 aliphatic heterocycles. The van der Waals surface area contributed by atoms with Crippen LogP contribution in [0.5, 0.6) is 11.5 Å². The molecule has 3 rings (SSSR count). The van der Waals surface area contributed by atoms with E-state index in [2.05, 4.69) is 0 Å². The highest BCUT2D eigenvalue weighted by molar-refractivity contribution is 6.13. The van der Waals surface area contributed by atoms with Gasteiger partial charge < -0.3 is 9.47 Å². The fourth-order valence-electron chi connectivity index (χ4n) is 2.53. The molecule has 4 heteroatoms. The average Bonchev–Trinajstić information content (AvgIpc) is 2.95. The van der Waals surface area contributed by atoms with Crippen LogP contribution in [0.25, 0.3) is 6.08 Å². The Hall–Kier alpha value is -3.14. The predicted octanol–water partition coefficient (Wildman–Crippen LogP) is 4.73. The molecule has 0 radical (unpaired) electrons. The summed E-state index contributed by atoms with van der Waals surface area (Å²) in [5, 5.41) is 0. The standard InChI is InChI=1S/C22H20O4/c1-14(2)22(24)26-18-13-12-17-20(23)19(25-21(17)15(18)3)11-7-10-16-8-5-4-6-9-16/h4-14H,1-3H3/b10-7+,19-11-. The second kappa shape index (κ2) is 7.40. The number of hydrogen-bond donors (Lipinski definition) is 0. The lowest BCUT2D eigenvalue weighted by atomic mass is 10.1. The van der Waals surface area contributed by atoms with Gasteiger partial charge in [-0.2, -0.15) is 0 Å². The van der Waals surface area contributed by atoms with Crippen molar-refractivity contribution < 1.29 is 19.1 Å². The number of hydrogen-bond acceptors (Lipinski definition) is 4. The highest BCUT2D eigenvalue weighted by atomic mass is 16.5. The Morgan fingerprint density at radius 3 is 2.54 bits per heavy atom. The van der Waals surface area contributed by atoms with E-state index in [-0.39, 0.29) is 23.4 Å². The van der Waals surface area contributed by atoms with Crippen molar-refractivity contribution in [2.45, 2.75) is 20.8 Å². The summed E-state index contributed by atoms with van der Waals surface area (Å²) in [6, 6.07) is 13.1. The van der Waals surface area contributed by atoms with Crippen LogP contribution in [-0.4, -0.2) is 11.8 Å². The zero-order valence-electron chi connectivity index (χ0n) is 15.0. The lowest BCUT2D eigenvalue weighted by molar-refractivity contribution is -0.137. The molecular formula is C22H20O4. The molecule has 0 aliphatic carbocycles. The molecule has 0 unspecified atom stereocenters. The maximum Gasteiger partial charge on any atom is 0.313 e. The molecule has 26 heavy (non-hydrogen) atoms. The van der Waals surface area contributed by atoms with Gasteiger partial charge in [-0.1, -0.05) is 56.3 Å². The van der Waals surface area contributed by atoms with Gasteiger partial charge in [0, 0.05) is 5.56 Å². The van der Waals surface area contributed by atoms with E-state index in [1.807, 2.05) is 36.4 Å². The molecule has 0 aromatic heterocycles. The first kappa shape index (κ1) is 17.7. The van der Waals surface area contributed by atoms with Crippen molar-refractivity contribution in [3.8, 4) is 11.5 Å². The first-order valence-electron chi connectivity index (χ1n) is 8.48. The maximum atomic E-state index is 12.5. The minimum Gasteiger partial charge on any atom is -0.452 e. The monoisotopic (exact) mass is 348 g/mol. The number of carbonyl (C=O) groups is 2. The third-order valence-electron chi connectivity index (χ3n) is 4.05. The summed E-state index contributed by atoms with van der Waals surface area (Å²) >= 11 is 0. The van der Waals surface area contributed by atoms with Gasteiger partial charge in [-0.05, 0) is 30.7 Å². The van der Waals surface area contributed by atoms with Crippen LogP contribution >= 0.6 is 0 Å². The quantitative estimate of drug-likeness (QED) is 0.455. The Labute approximate surface area is 152 Å². The molecule has 0 atom stereocenters. The van der Waals surface area contributed by atoms with Gasteiger partial charge in [0.05, 0.1) is 11.5 Å². The summed E-state index contributed by atoms with van der Waals surface area (Å²) < 4.78 is 11.1. The minimum atomic E-state index is -0.320. The molecule has 0 saturated carbocycles. The number of benzene rings is 2. The maximum absolute atomic E-state index is 12.5. The Kier molecular flexibility index (Phi) is 5.03. The lowest BCUT2D eigenvalue weighted by Crippen LogP contribution is -2.15. The molecule has 1 aliphatic rings. The van der Waals surface area contributed by atoms with E-state index < -0.39 is 0 Å². The molecule has 2 aromatic rings. The molecule has 0 amide bonds. The van der Waals surface area contributed by atoms with Crippen LogP contribution in [0.15, 0.2) is 60.4 Å². The van der Waals surface area contributed by atoms with Crippen molar-refractivity contribution in [1.29, 1.82) is 0 Å². The van der Waals surface area contributed by atoms with E-state index >= 15 is 0 Å². The first-order chi connectivity index (χ1) is 12.5. The Bertz CT molecular complexity index is 905. The van der Waals surface area contributed by atoms with E-state index in [0.29, 0.717) is 22.6 Å². The smallest absolute Gasteiger partial charge is 0.313 e. The largest absolute Gasteiger partial charge is 0.452 e. The van der Waals surface area contributed by atoms with Crippen molar-refractivity contribution in [2.24, 2.45) is 5.92 Å². The van der Waals surface area contributed by atoms with Crippen LogP contribution in [0.4, 0.5) is 0 Å². The number of Topliss-reactive ketones (excluding diaryl/α,β-unsaturated/α-hetero) is 1. The number of allylic oxidation sites excluding steroid dienone is 3. The summed E-state index contributed by atoms with van der Waals surface area (Å²) in [6.07, 6.45) is 5.33. The number of fused-ring (bicyclic) bond motifs is 1. The fraction of sp³-hybridized carbons (Fsp3) is 0.182. The normalized spacial score (nSPS) is 14.8. The van der Waals surface area contributed by atoms with Crippen LogP contribution in [-0.2, 0) is 4.79 Å². The molecule has 0 spiro atoms. The third-order valence-corrected chi connectivity index (χ3v) is 4.05. The van der Waals surface area contributed by atoms with Gasteiger partial charge in [0.25, 0.3) is 0 Å². The molecule has 0 N–H and O–H groups in total. The SMILES string of the molecule is Cc1c(OC(=O)C(C)C)ccc2c1O/C(=C\C=C\c1ccccc1)C2=O. The van der Waals surface area contributed by atoms with E-state index in [9.17, 15) is 9.59 Å². The van der Waals surface area contributed by atoms with Crippen molar-refractivity contribution in [3.63, 3.8) is 0 Å². The zero-order valence-corrected chi connectivity index (χ0v) is 15.0. The summed E-state index contributed by atoms with van der Waals surface area (Å²) in [4.78, 5) is 24.3. The van der Waals surface area contributed by atoms with Crippen molar-refractivity contribution in [3.05, 3.63) is 77.1 Å². The predicted molar refractivity (Wildman–Crippen MR) is 100 cm³/mol. The van der Waals surface area contributed by atoms with Gasteiger partial charge in [-0.3, -0.25) is 9.59 Å². The Balaban J connectivity index is 1.82. The number of carbonyl (C=O) groups excluding carboxylic acids is 2. The summed E-state index contributed by atoms with van der Waals surface area (Å²) in [5.74, 6) is 0.382. The topological polar surface area (TPSA) is 52.6 Å². The van der Waals surface area contributed by atoms with E-state index in [1.165, 1.54) is 0 Å². The second-order valence-corrected chi connectivity index (χ2v) is 6.37. The number of rotatable bonds is 4. The lowest BCUT2D eigenvalue weighted by Gasteiger charge is -2.11. The van der Waals surface area contributed by atoms with E-state index in [4.69, 9.17) is 9.47 Å². The Morgan fingerprint density at radius 1 is 1.12 bits per heavy atom. The molecule has 0 fully saturated rings. The number of ketones is 1. The summed E-state index contributed by atoms with van der Waals surface area (Å²) in [7, 11) is 0. The van der Waals surface area contributed by atoms with Gasteiger partial charge in [0.1, 0.15) is 11.5 Å². The van der Waals surface area contributed by atoms with E-state index in [1.54, 1.807) is 45.1 Å². The molecule has 0 bridgehead atoms. The van der Waals surface area contributed by atoms with Crippen LogP contribution in [0, 0.1) is 12.8 Å². The van der Waals surface area contributed by atoms with Gasteiger partial charge >= 0.3 is 5.97 Å². The van der Waals surface area contributed by atoms with Gasteiger partial charge in [0.15, 0.2) is 5.76 Å². The highest BCUT2D eigenvalue weighted by Crippen LogP contribution is 2.39. The van der Waals surface area contributed by atoms with Crippen LogP contribution in [0.2, 0.25) is 0 Å².